The number of para-hydroxylation sites is 1. The van der Waals surface area contributed by atoms with Gasteiger partial charge in [-0.3, -0.25) is 14.4 Å². The average molecular weight is 566 g/mol. The summed E-state index contributed by atoms with van der Waals surface area (Å²) in [4.78, 5) is 47.2. The van der Waals surface area contributed by atoms with E-state index >= 15 is 0 Å². The van der Waals surface area contributed by atoms with Crippen molar-refractivity contribution < 1.29 is 14.4 Å². The highest BCUT2D eigenvalue weighted by Gasteiger charge is 2.69. The predicted molar refractivity (Wildman–Crippen MR) is 169 cm³/mol. The minimum absolute atomic E-state index is 0.0666. The van der Waals surface area contributed by atoms with Crippen LogP contribution in [0.25, 0.3) is 0 Å². The van der Waals surface area contributed by atoms with Gasteiger partial charge in [0.1, 0.15) is 0 Å². The molecule has 42 heavy (non-hydrogen) atoms. The van der Waals surface area contributed by atoms with Crippen LogP contribution in [0.3, 0.4) is 0 Å². The molecule has 1 spiro atoms. The molecule has 1 saturated heterocycles. The maximum atomic E-state index is 14.7. The molecule has 0 bridgehead atoms. The van der Waals surface area contributed by atoms with E-state index in [1.807, 2.05) is 92.6 Å². The molecule has 1 N–H and O–H groups in total. The van der Waals surface area contributed by atoms with Crippen LogP contribution in [0.5, 0.6) is 0 Å². The molecule has 2 aliphatic rings. The number of hydrogen-bond acceptors (Lipinski definition) is 4. The van der Waals surface area contributed by atoms with Crippen LogP contribution in [0.1, 0.15) is 86.2 Å². The maximum Gasteiger partial charge on any atom is 0.255 e. The van der Waals surface area contributed by atoms with Gasteiger partial charge < -0.3 is 15.1 Å². The van der Waals surface area contributed by atoms with Crippen LogP contribution in [0.2, 0.25) is 0 Å². The average Bonchev–Trinajstić information content (AvgIpc) is 3.45. The number of ketones is 1. The molecule has 0 aromatic heterocycles. The SMILES string of the molecule is CCCCCCCCC(=O)N1C(C)C(c2ccc(N(C)C)cc2)C(C(=O)c2ccccc2)C12C(=O)Nc1ccccc12. The number of nitrogens with zero attached hydrogens (tertiary/aromatic N) is 2. The molecular formula is C36H43N3O3. The lowest BCUT2D eigenvalue weighted by Crippen LogP contribution is -2.56. The second-order valence-corrected chi connectivity index (χ2v) is 12.0. The number of fused-ring (bicyclic) bond motifs is 2. The molecule has 3 aromatic rings. The summed E-state index contributed by atoms with van der Waals surface area (Å²) in [5.41, 5.74) is 2.49. The summed E-state index contributed by atoms with van der Waals surface area (Å²) in [6.45, 7) is 4.21. The molecule has 0 saturated carbocycles. The molecule has 220 valence electrons. The quantitative estimate of drug-likeness (QED) is 0.198. The summed E-state index contributed by atoms with van der Waals surface area (Å²) in [7, 11) is 3.98. The fraction of sp³-hybridized carbons (Fsp3) is 0.417. The first-order chi connectivity index (χ1) is 20.3. The maximum absolute atomic E-state index is 14.7. The van der Waals surface area contributed by atoms with Crippen molar-refractivity contribution >= 4 is 29.0 Å². The third-order valence-electron chi connectivity index (χ3n) is 9.20. The van der Waals surface area contributed by atoms with Gasteiger partial charge >= 0.3 is 0 Å². The summed E-state index contributed by atoms with van der Waals surface area (Å²) in [5.74, 6) is -1.65. The molecule has 2 aliphatic heterocycles. The Morgan fingerprint density at radius 1 is 0.857 bits per heavy atom. The fourth-order valence-electron chi connectivity index (χ4n) is 7.18. The Labute approximate surface area is 250 Å². The number of carbonyl (C=O) groups excluding carboxylic acids is 3. The molecule has 0 aliphatic carbocycles. The minimum Gasteiger partial charge on any atom is -0.378 e. The van der Waals surface area contributed by atoms with E-state index in [9.17, 15) is 14.4 Å². The lowest BCUT2D eigenvalue weighted by Gasteiger charge is -2.38. The van der Waals surface area contributed by atoms with Gasteiger partial charge in [0, 0.05) is 55.0 Å². The number of likely N-dealkylation sites (tertiary alicyclic amines) is 1. The second-order valence-electron chi connectivity index (χ2n) is 12.0. The van der Waals surface area contributed by atoms with Gasteiger partial charge in [-0.1, -0.05) is 99.7 Å². The third kappa shape index (κ3) is 5.12. The first kappa shape index (κ1) is 29.6. The fourth-order valence-corrected chi connectivity index (χ4v) is 7.18. The Balaban J connectivity index is 1.64. The van der Waals surface area contributed by atoms with Crippen molar-refractivity contribution in [1.29, 1.82) is 0 Å². The van der Waals surface area contributed by atoms with Gasteiger partial charge in [0.2, 0.25) is 5.91 Å². The van der Waals surface area contributed by atoms with Crippen molar-refractivity contribution in [3.8, 4) is 0 Å². The molecule has 2 amide bonds. The smallest absolute Gasteiger partial charge is 0.255 e. The van der Waals surface area contributed by atoms with E-state index in [1.165, 1.54) is 19.3 Å². The molecule has 3 aromatic carbocycles. The summed E-state index contributed by atoms with van der Waals surface area (Å²) >= 11 is 0. The minimum atomic E-state index is -1.44. The van der Waals surface area contributed by atoms with Crippen LogP contribution in [-0.4, -0.2) is 42.6 Å². The van der Waals surface area contributed by atoms with Crippen LogP contribution in [-0.2, 0) is 15.1 Å². The van der Waals surface area contributed by atoms with Crippen LogP contribution >= 0.6 is 0 Å². The van der Waals surface area contributed by atoms with Gasteiger partial charge in [-0.15, -0.1) is 0 Å². The van der Waals surface area contributed by atoms with E-state index in [0.29, 0.717) is 23.2 Å². The molecule has 1 fully saturated rings. The zero-order valence-corrected chi connectivity index (χ0v) is 25.3. The van der Waals surface area contributed by atoms with Crippen molar-refractivity contribution in [2.75, 3.05) is 24.3 Å². The van der Waals surface area contributed by atoms with Gasteiger partial charge in [-0.25, -0.2) is 0 Å². The Kier molecular flexibility index (Phi) is 8.81. The van der Waals surface area contributed by atoms with Crippen molar-refractivity contribution in [1.82, 2.24) is 4.90 Å². The number of unbranched alkanes of at least 4 members (excludes halogenated alkanes) is 5. The van der Waals surface area contributed by atoms with Gasteiger partial charge in [0.15, 0.2) is 11.3 Å². The van der Waals surface area contributed by atoms with E-state index in [1.54, 1.807) is 4.90 Å². The number of rotatable bonds is 11. The van der Waals surface area contributed by atoms with Crippen LogP contribution in [0.15, 0.2) is 78.9 Å². The molecule has 4 unspecified atom stereocenters. The number of carbonyl (C=O) groups is 3. The molecule has 6 heteroatoms. The van der Waals surface area contributed by atoms with Gasteiger partial charge in [-0.05, 0) is 37.1 Å². The normalized spacial score (nSPS) is 22.7. The van der Waals surface area contributed by atoms with Crippen molar-refractivity contribution in [3.63, 3.8) is 0 Å². The van der Waals surface area contributed by atoms with E-state index in [4.69, 9.17) is 0 Å². The van der Waals surface area contributed by atoms with E-state index < -0.39 is 11.5 Å². The summed E-state index contributed by atoms with van der Waals surface area (Å²) in [6, 6.07) is 24.6. The standard InChI is InChI=1S/C36H43N3O3/c1-5-6-7-8-9-13-20-31(40)39-25(2)32(26-21-23-28(24-22-26)38(3)4)33(34(41)27-16-11-10-12-17-27)36(39)29-18-14-15-19-30(29)37-35(36)42/h10-12,14-19,21-25,32-33H,5-9,13,20H2,1-4H3,(H,37,42). The summed E-state index contributed by atoms with van der Waals surface area (Å²) in [5, 5.41) is 3.07. The van der Waals surface area contributed by atoms with Crippen molar-refractivity contribution in [2.45, 2.75) is 76.3 Å². The third-order valence-corrected chi connectivity index (χ3v) is 9.20. The monoisotopic (exact) mass is 565 g/mol. The lowest BCUT2D eigenvalue weighted by atomic mass is 9.69. The molecule has 2 heterocycles. The predicted octanol–water partition coefficient (Wildman–Crippen LogP) is 7.16. The molecule has 6 nitrogen and oxygen atoms in total. The Morgan fingerprint density at radius 2 is 1.50 bits per heavy atom. The second kappa shape index (κ2) is 12.5. The number of anilines is 2. The number of benzene rings is 3. The molecule has 5 rings (SSSR count). The number of amides is 2. The Morgan fingerprint density at radius 3 is 2.19 bits per heavy atom. The highest BCUT2D eigenvalue weighted by Crippen LogP contribution is 2.59. The van der Waals surface area contributed by atoms with Crippen LogP contribution in [0.4, 0.5) is 11.4 Å². The highest BCUT2D eigenvalue weighted by molar-refractivity contribution is 6.14. The van der Waals surface area contributed by atoms with Gasteiger partial charge in [-0.2, -0.15) is 0 Å². The number of nitrogens with one attached hydrogen (secondary N) is 1. The summed E-state index contributed by atoms with van der Waals surface area (Å²) in [6.07, 6.45) is 6.75. The van der Waals surface area contributed by atoms with E-state index in [2.05, 4.69) is 24.4 Å². The van der Waals surface area contributed by atoms with Crippen molar-refractivity contribution in [3.05, 3.63) is 95.6 Å². The number of Topliss-reactive ketones (excluding diaryl/α,β-unsaturated/α-hetero) is 1. The van der Waals surface area contributed by atoms with Crippen molar-refractivity contribution in [2.24, 2.45) is 5.92 Å². The zero-order valence-electron chi connectivity index (χ0n) is 25.3. The highest BCUT2D eigenvalue weighted by atomic mass is 16.2. The largest absolute Gasteiger partial charge is 0.378 e. The number of hydrogen-bond donors (Lipinski definition) is 1. The summed E-state index contributed by atoms with van der Waals surface area (Å²) < 4.78 is 0. The van der Waals surface area contributed by atoms with Gasteiger partial charge in [0.25, 0.3) is 5.91 Å². The molecular weight excluding hydrogens is 522 g/mol. The Hall–Kier alpha value is -3.93. The van der Waals surface area contributed by atoms with Crippen LogP contribution < -0.4 is 10.2 Å². The zero-order chi connectivity index (χ0) is 29.9. The first-order valence-corrected chi connectivity index (χ1v) is 15.4. The first-order valence-electron chi connectivity index (χ1n) is 15.4. The van der Waals surface area contributed by atoms with E-state index in [-0.39, 0.29) is 29.6 Å². The van der Waals surface area contributed by atoms with Crippen LogP contribution in [0, 0.1) is 5.92 Å². The topological polar surface area (TPSA) is 69.7 Å². The Bertz CT molecular complexity index is 1420. The molecule has 4 atom stereocenters. The lowest BCUT2D eigenvalue weighted by molar-refractivity contribution is -0.145. The molecule has 0 radical (unpaired) electrons. The van der Waals surface area contributed by atoms with E-state index in [0.717, 1.165) is 30.5 Å². The van der Waals surface area contributed by atoms with Gasteiger partial charge in [0.05, 0.1) is 5.92 Å².